The lowest BCUT2D eigenvalue weighted by molar-refractivity contribution is -0.148. The van der Waals surface area contributed by atoms with Crippen LogP contribution in [0.4, 0.5) is 9.59 Å². The second-order valence-corrected chi connectivity index (χ2v) is 41.5. The smallest absolute Gasteiger partial charge is 0.407 e. The molecule has 18 atom stereocenters. The molecule has 9 N–H and O–H groups in total. The van der Waals surface area contributed by atoms with Crippen molar-refractivity contribution in [3.8, 4) is 0 Å². The van der Waals surface area contributed by atoms with Crippen molar-refractivity contribution in [3.63, 3.8) is 0 Å². The minimum atomic E-state index is -0.982. The number of alkyl carbamates (subject to hydrolysis) is 2. The molecule has 11 amide bonds. The molecule has 2 unspecified atom stereocenters. The molecular weight excluding hydrogens is 1970 g/mol. The Morgan fingerprint density at radius 2 is 0.867 bits per heavy atom. The van der Waals surface area contributed by atoms with Crippen molar-refractivity contribution < 1.29 is 119 Å². The predicted molar refractivity (Wildman–Crippen MR) is 571 cm³/mol. The molecule has 0 aliphatic carbocycles. The van der Waals surface area contributed by atoms with Gasteiger partial charge in [-0.05, 0) is 113 Å². The first-order valence-electron chi connectivity index (χ1n) is 53.3. The number of rotatable bonds is 78. The fraction of sp³-hybridized carbons (Fsp3) is 0.729. The number of thiazole rings is 2. The summed E-state index contributed by atoms with van der Waals surface area (Å²) >= 11 is 2.96. The molecule has 2 aliphatic rings. The van der Waals surface area contributed by atoms with Crippen LogP contribution in [0, 0.1) is 41.4 Å². The Morgan fingerprint density at radius 1 is 0.447 bits per heavy atom. The number of unbranched alkanes of at least 4 members (excludes halogenated alkanes) is 1. The molecule has 2 aromatic carbocycles. The highest BCUT2D eigenvalue weighted by Crippen LogP contribution is 2.35. The van der Waals surface area contributed by atoms with Crippen LogP contribution in [0.1, 0.15) is 187 Å². The molecule has 0 radical (unpaired) electrons. The van der Waals surface area contributed by atoms with Crippen LogP contribution in [0.2, 0.25) is 0 Å². The number of nitrogens with zero attached hydrogens (tertiary/aromatic N) is 8. The Bertz CT molecular complexity index is 4470. The van der Waals surface area contributed by atoms with Crippen LogP contribution >= 0.6 is 22.7 Å². The van der Waals surface area contributed by atoms with Gasteiger partial charge in [0.15, 0.2) is 0 Å². The van der Waals surface area contributed by atoms with Crippen molar-refractivity contribution in [1.82, 2.24) is 76.6 Å². The van der Waals surface area contributed by atoms with Crippen molar-refractivity contribution >= 4 is 88.0 Å². The standard InChI is InChI=1S/C107H178N16O25S2/c1-21-75(9)94(86(135-17)69-88(124)122-44-31-38-84(122)96(137-19)77(11)98(127)114-82(103-110-42-65-149-103)67-79-33-25-23-26-34-79)120(15)90(126)71-113-101(130)92(73(5)6)118(13)46-49-140-51-53-143-56-58-145-60-63-147-107(134)116-81(100(129)109-41-48-139-61-64-148-108)37-29-30-40-112-106(133)146-62-59-144-57-55-142-54-52-141-50-47-119(14)93(74(7)8)102(131)117-91(72(3)4)105(132)121(16)95(76(10)22-2)87(136-18)70-89(125)123-45-32-39-85(123)97(138-20)78(12)99(128)115-83(104-111-43-66-150-104)68-80-35-27-24-28-36-80/h23-28,33-36,42-43,65-66,72-78,81-87,91-97H,21-22,29-32,37-41,44-64,67-71,108H2,1-20H3,(H,109,129)(H,112,133)(H,113,130)(H,114,127)(H,115,128)(H,116,134)(H,117,131)/t75-,76-,77+,78+,81-,82-,83-,84-,85-,86+,87+,91-,92?,93?,94-,95-,96+,97+/m0/s1. The molecule has 2 saturated heterocycles. The van der Waals surface area contributed by atoms with Crippen LogP contribution in [-0.4, -0.2) is 392 Å². The molecule has 6 rings (SSSR count). The van der Waals surface area contributed by atoms with Crippen LogP contribution in [0.3, 0.4) is 0 Å². The van der Waals surface area contributed by atoms with Gasteiger partial charge in [-0.15, -0.1) is 22.7 Å². The molecule has 43 heteroatoms. The van der Waals surface area contributed by atoms with Gasteiger partial charge in [0.1, 0.15) is 35.3 Å². The van der Waals surface area contributed by atoms with E-state index in [0.29, 0.717) is 84.2 Å². The third-order valence-electron chi connectivity index (χ3n) is 27.9. The van der Waals surface area contributed by atoms with Gasteiger partial charge in [-0.1, -0.05) is 157 Å². The molecule has 2 aliphatic heterocycles. The highest BCUT2D eigenvalue weighted by molar-refractivity contribution is 7.09. The van der Waals surface area contributed by atoms with E-state index < -0.39 is 90.6 Å². The number of nitrogens with two attached hydrogens (primary N) is 1. The monoisotopic (exact) mass is 2150 g/mol. The van der Waals surface area contributed by atoms with Crippen molar-refractivity contribution in [2.24, 2.45) is 47.3 Å². The first-order chi connectivity index (χ1) is 72.1. The maximum absolute atomic E-state index is 14.9. The average Bonchev–Trinajstić information content (AvgIpc) is 1.79. The quantitative estimate of drug-likeness (QED) is 0.0152. The van der Waals surface area contributed by atoms with Crippen molar-refractivity contribution in [2.75, 3.05) is 215 Å². The molecule has 4 heterocycles. The largest absolute Gasteiger partial charge is 0.447 e. The number of hydrogen-bond donors (Lipinski definition) is 8. The number of benzene rings is 2. The number of aromatic nitrogens is 2. The molecule has 41 nitrogen and oxygen atoms in total. The van der Waals surface area contributed by atoms with Crippen molar-refractivity contribution in [2.45, 2.75) is 251 Å². The summed E-state index contributed by atoms with van der Waals surface area (Å²) in [5, 5.41) is 25.9. The van der Waals surface area contributed by atoms with Crippen molar-refractivity contribution in [1.29, 1.82) is 0 Å². The highest BCUT2D eigenvalue weighted by Gasteiger charge is 2.47. The summed E-state index contributed by atoms with van der Waals surface area (Å²) in [6, 6.07) is 14.3. The Balaban J connectivity index is 0.810. The number of carbonyl (C=O) groups is 11. The third kappa shape index (κ3) is 44.4. The van der Waals surface area contributed by atoms with E-state index in [9.17, 15) is 52.7 Å². The minimum absolute atomic E-state index is 0.0206. The van der Waals surface area contributed by atoms with E-state index in [-0.39, 0.29) is 246 Å². The fourth-order valence-electron chi connectivity index (χ4n) is 19.5. The molecule has 150 heavy (non-hydrogen) atoms. The second kappa shape index (κ2) is 72.5. The molecule has 0 spiro atoms. The average molecular weight is 2150 g/mol. The first-order valence-corrected chi connectivity index (χ1v) is 55.0. The number of amides is 11. The van der Waals surface area contributed by atoms with Crippen molar-refractivity contribution in [3.05, 3.63) is 105 Å². The normalized spacial score (nSPS) is 17.0. The lowest BCUT2D eigenvalue weighted by atomic mass is 9.89. The summed E-state index contributed by atoms with van der Waals surface area (Å²) < 4.78 is 74.8. The van der Waals surface area contributed by atoms with Crippen LogP contribution in [0.5, 0.6) is 0 Å². The lowest BCUT2D eigenvalue weighted by Crippen LogP contribution is -2.60. The lowest BCUT2D eigenvalue weighted by Gasteiger charge is -2.41. The van der Waals surface area contributed by atoms with Gasteiger partial charge in [0, 0.05) is 105 Å². The van der Waals surface area contributed by atoms with Gasteiger partial charge in [-0.2, -0.15) is 0 Å². The summed E-state index contributed by atoms with van der Waals surface area (Å²) in [5.41, 5.74) is 2.12. The number of likely N-dealkylation sites (N-methyl/N-ethyl adjacent to an activating group) is 4. The maximum Gasteiger partial charge on any atom is 0.407 e. The fourth-order valence-corrected chi connectivity index (χ4v) is 20.8. The number of carbonyl (C=O) groups excluding carboxylic acids is 11. The van der Waals surface area contributed by atoms with E-state index in [1.165, 1.54) is 29.8 Å². The summed E-state index contributed by atoms with van der Waals surface area (Å²) in [6.07, 6.45) is 5.62. The zero-order valence-electron chi connectivity index (χ0n) is 92.5. The van der Waals surface area contributed by atoms with Gasteiger partial charge in [-0.3, -0.25) is 53.0 Å². The second-order valence-electron chi connectivity index (χ2n) is 39.6. The highest BCUT2D eigenvalue weighted by atomic mass is 32.1. The molecule has 848 valence electrons. The van der Waals surface area contributed by atoms with E-state index >= 15 is 0 Å². The summed E-state index contributed by atoms with van der Waals surface area (Å²) in [5.74, 6) is 0.621. The number of likely N-dealkylation sites (tertiary alicyclic amines) is 2. The Kier molecular flexibility index (Phi) is 62.6. The van der Waals surface area contributed by atoms with Crippen LogP contribution in [0.15, 0.2) is 83.8 Å². The molecule has 0 saturated carbocycles. The molecule has 2 aromatic heterocycles. The molecular formula is C107H178N16O25S2. The number of hydrogen-bond acceptors (Lipinski definition) is 32. The number of methoxy groups -OCH3 is 4. The van der Waals surface area contributed by atoms with Gasteiger partial charge in [0.05, 0.1) is 203 Å². The molecule has 2 fully saturated rings. The zero-order valence-corrected chi connectivity index (χ0v) is 94.2. The molecule has 0 bridgehead atoms. The van der Waals surface area contributed by atoms with Gasteiger partial charge in [0.2, 0.25) is 53.2 Å². The predicted octanol–water partition coefficient (Wildman–Crippen LogP) is 8.22. The Morgan fingerprint density at radius 3 is 1.28 bits per heavy atom. The number of nitrogens with one attached hydrogen (secondary N) is 7. The maximum atomic E-state index is 14.9. The van der Waals surface area contributed by atoms with E-state index in [0.717, 1.165) is 34.0 Å². The van der Waals surface area contributed by atoms with E-state index in [1.807, 2.05) is 183 Å². The van der Waals surface area contributed by atoms with Crippen LogP contribution in [0.25, 0.3) is 0 Å². The van der Waals surface area contributed by atoms with Gasteiger partial charge >= 0.3 is 12.2 Å². The molecule has 4 aromatic rings. The van der Waals surface area contributed by atoms with E-state index in [1.54, 1.807) is 62.5 Å². The topological polar surface area (TPSA) is 472 Å². The van der Waals surface area contributed by atoms with Gasteiger partial charge in [-0.25, -0.2) is 25.5 Å². The van der Waals surface area contributed by atoms with Crippen LogP contribution < -0.4 is 43.1 Å². The SMILES string of the molecule is CC[C@H](C)[C@@H]([C@@H](CC(=O)N1CCC[C@H]1[C@H](OC)[C@@H](C)C(=O)N[C@@H](Cc1ccccc1)c1nccs1)OC)N(C)C(=O)CNC(=O)C(C(C)C)N(C)CCOCCOCCOCCOC(=O)N[C@@H](CCCCNC(=O)OCCOCCOCCOCCN(C)C(C(=O)N[C@H](C(=O)N(C)[C@@H]([C@@H](C)CC)[C@@H](CC(=O)N1CCC[C@H]1[C@H](OC)[C@@H](C)C(=O)N[C@@H](Cc1ccccc1)c1nccs1)OC)C(C)C)C(C)C)C(=O)NCCOCCON. The zero-order chi connectivity index (χ0) is 110. The van der Waals surface area contributed by atoms with Gasteiger partial charge < -0.3 is 123 Å². The van der Waals surface area contributed by atoms with Crippen LogP contribution in [-0.2, 0) is 122 Å². The summed E-state index contributed by atoms with van der Waals surface area (Å²) in [6.45, 7) is 28.3. The van der Waals surface area contributed by atoms with Gasteiger partial charge in [0.25, 0.3) is 0 Å². The minimum Gasteiger partial charge on any atom is -0.447 e. The van der Waals surface area contributed by atoms with E-state index in [2.05, 4.69) is 52.0 Å². The first kappa shape index (κ1) is 130. The Hall–Kier alpha value is -9.13. The van der Waals surface area contributed by atoms with E-state index in [4.69, 9.17) is 67.5 Å². The number of ether oxygens (including phenoxy) is 13. The third-order valence-corrected chi connectivity index (χ3v) is 29.7. The summed E-state index contributed by atoms with van der Waals surface area (Å²) in [4.78, 5) is 178. The summed E-state index contributed by atoms with van der Waals surface area (Å²) in [7, 11) is 13.3. The Labute approximate surface area is 897 Å².